The van der Waals surface area contributed by atoms with Gasteiger partial charge in [-0.3, -0.25) is 10.0 Å². The van der Waals surface area contributed by atoms with Gasteiger partial charge in [0.05, 0.1) is 5.92 Å². The van der Waals surface area contributed by atoms with Gasteiger partial charge in [-0.2, -0.15) is 0 Å². The van der Waals surface area contributed by atoms with Crippen molar-refractivity contribution in [2.45, 2.75) is 12.0 Å². The van der Waals surface area contributed by atoms with E-state index in [9.17, 15) is 14.8 Å². The normalized spacial score (nSPS) is 17.9. The van der Waals surface area contributed by atoms with Crippen molar-refractivity contribution in [3.05, 3.63) is 119 Å². The fourth-order valence-corrected chi connectivity index (χ4v) is 3.58. The SMILES string of the molecule is O=C(/C=C/c1ccccc1)OCC1=[N+]([O-])O[C@@H](C(=O)c2ccccc2)[C@@H]1c1ccccc1. The van der Waals surface area contributed by atoms with E-state index in [1.54, 1.807) is 36.4 Å². The topological polar surface area (TPSA) is 78.7 Å². The second kappa shape index (κ2) is 9.75. The summed E-state index contributed by atoms with van der Waals surface area (Å²) in [4.78, 5) is 31.0. The maximum absolute atomic E-state index is 13.1. The van der Waals surface area contributed by atoms with E-state index >= 15 is 0 Å². The second-order valence-corrected chi connectivity index (χ2v) is 7.24. The standard InChI is InChI=1S/C26H21NO5/c28-23(17-16-19-10-4-1-5-11-19)31-18-22-24(20-12-6-2-7-13-20)26(32-27(22)30)25(29)21-14-8-3-9-15-21/h1-17,24,26H,18H2/b17-16+/t24-,26-/m1/s1. The van der Waals surface area contributed by atoms with Crippen LogP contribution in [0, 0.1) is 5.21 Å². The van der Waals surface area contributed by atoms with Crippen molar-refractivity contribution in [3.63, 3.8) is 0 Å². The first-order valence-corrected chi connectivity index (χ1v) is 10.2. The van der Waals surface area contributed by atoms with Crippen LogP contribution in [0.25, 0.3) is 6.08 Å². The van der Waals surface area contributed by atoms with E-state index in [1.165, 1.54) is 6.08 Å². The van der Waals surface area contributed by atoms with Gasteiger partial charge in [-0.1, -0.05) is 91.0 Å². The number of hydrogen-bond acceptors (Lipinski definition) is 5. The molecule has 1 aliphatic rings. The third kappa shape index (κ3) is 4.75. The van der Waals surface area contributed by atoms with Gasteiger partial charge in [0.15, 0.2) is 12.4 Å². The first kappa shape index (κ1) is 21.1. The molecule has 0 bridgehead atoms. The summed E-state index contributed by atoms with van der Waals surface area (Å²) in [7, 11) is 0. The van der Waals surface area contributed by atoms with Crippen molar-refractivity contribution >= 4 is 23.5 Å². The Hall–Kier alpha value is -4.19. The molecule has 0 N–H and O–H groups in total. The highest BCUT2D eigenvalue weighted by molar-refractivity contribution is 6.05. The quantitative estimate of drug-likeness (QED) is 0.245. The molecule has 0 amide bonds. The zero-order valence-electron chi connectivity index (χ0n) is 17.2. The summed E-state index contributed by atoms with van der Waals surface area (Å²) >= 11 is 0. The molecule has 0 aromatic heterocycles. The Morgan fingerprint density at radius 3 is 2.16 bits per heavy atom. The molecule has 0 saturated carbocycles. The second-order valence-electron chi connectivity index (χ2n) is 7.24. The van der Waals surface area contributed by atoms with Gasteiger partial charge in [0, 0.05) is 16.5 Å². The number of esters is 1. The van der Waals surface area contributed by atoms with Crippen molar-refractivity contribution in [2.24, 2.45) is 0 Å². The van der Waals surface area contributed by atoms with Crippen LogP contribution in [0.3, 0.4) is 0 Å². The zero-order valence-corrected chi connectivity index (χ0v) is 17.2. The van der Waals surface area contributed by atoms with Crippen molar-refractivity contribution in [3.8, 4) is 0 Å². The van der Waals surface area contributed by atoms with Gasteiger partial charge < -0.3 is 9.57 Å². The van der Waals surface area contributed by atoms with Crippen molar-refractivity contribution in [1.82, 2.24) is 0 Å². The first-order valence-electron chi connectivity index (χ1n) is 10.2. The molecular formula is C26H21NO5. The van der Waals surface area contributed by atoms with Crippen molar-refractivity contribution in [1.29, 1.82) is 0 Å². The predicted octanol–water partition coefficient (Wildman–Crippen LogP) is 4.17. The summed E-state index contributed by atoms with van der Waals surface area (Å²) in [6.07, 6.45) is 1.87. The van der Waals surface area contributed by atoms with Crippen LogP contribution in [-0.4, -0.2) is 35.1 Å². The molecule has 32 heavy (non-hydrogen) atoms. The lowest BCUT2D eigenvalue weighted by Crippen LogP contribution is -2.31. The number of ether oxygens (including phenoxy) is 1. The maximum Gasteiger partial charge on any atom is 0.331 e. The first-order chi connectivity index (χ1) is 15.6. The maximum atomic E-state index is 13.1. The van der Waals surface area contributed by atoms with Crippen LogP contribution in [-0.2, 0) is 14.4 Å². The number of hydrogen-bond donors (Lipinski definition) is 0. The van der Waals surface area contributed by atoms with Crippen LogP contribution in [0.5, 0.6) is 0 Å². The Bertz CT molecular complexity index is 1140. The fourth-order valence-electron chi connectivity index (χ4n) is 3.58. The summed E-state index contributed by atoms with van der Waals surface area (Å²) < 4.78 is 5.31. The monoisotopic (exact) mass is 427 g/mol. The molecule has 3 aromatic carbocycles. The lowest BCUT2D eigenvalue weighted by molar-refractivity contribution is -0.737. The summed E-state index contributed by atoms with van der Waals surface area (Å²) in [5.74, 6) is -1.59. The lowest BCUT2D eigenvalue weighted by atomic mass is 9.86. The number of benzene rings is 3. The van der Waals surface area contributed by atoms with Gasteiger partial charge in [0.2, 0.25) is 0 Å². The Morgan fingerprint density at radius 2 is 1.50 bits per heavy atom. The molecule has 6 nitrogen and oxygen atoms in total. The fraction of sp³-hybridized carbons (Fsp3) is 0.115. The molecule has 1 heterocycles. The van der Waals surface area contributed by atoms with E-state index in [0.29, 0.717) is 10.5 Å². The van der Waals surface area contributed by atoms with Crippen molar-refractivity contribution in [2.75, 3.05) is 6.61 Å². The highest BCUT2D eigenvalue weighted by Crippen LogP contribution is 2.31. The van der Waals surface area contributed by atoms with Gasteiger partial charge in [-0.05, 0) is 17.2 Å². The molecule has 4 rings (SSSR count). The third-order valence-electron chi connectivity index (χ3n) is 5.15. The number of carbonyl (C=O) groups is 2. The van der Waals surface area contributed by atoms with E-state index in [-0.39, 0.29) is 18.1 Å². The van der Waals surface area contributed by atoms with Crippen LogP contribution >= 0.6 is 0 Å². The van der Waals surface area contributed by atoms with E-state index in [1.807, 2.05) is 60.7 Å². The highest BCUT2D eigenvalue weighted by Gasteiger charge is 2.45. The van der Waals surface area contributed by atoms with E-state index in [4.69, 9.17) is 9.57 Å². The zero-order chi connectivity index (χ0) is 22.3. The Balaban J connectivity index is 1.53. The lowest BCUT2D eigenvalue weighted by Gasteiger charge is -2.18. The van der Waals surface area contributed by atoms with Crippen LogP contribution < -0.4 is 0 Å². The molecule has 0 radical (unpaired) electrons. The summed E-state index contributed by atoms with van der Waals surface area (Å²) in [5.41, 5.74) is 2.18. The number of Topliss-reactive ketones (excluding diaryl/α,β-unsaturated/α-hetero) is 1. The minimum Gasteiger partial charge on any atom is -0.451 e. The van der Waals surface area contributed by atoms with Gasteiger partial charge in [-0.25, -0.2) is 4.79 Å². The molecule has 1 aliphatic heterocycles. The predicted molar refractivity (Wildman–Crippen MR) is 120 cm³/mol. The van der Waals surface area contributed by atoms with E-state index < -0.39 is 18.0 Å². The summed E-state index contributed by atoms with van der Waals surface area (Å²) in [5, 5.41) is 12.6. The third-order valence-corrected chi connectivity index (χ3v) is 5.15. The number of carbonyl (C=O) groups excluding carboxylic acids is 2. The summed E-state index contributed by atoms with van der Waals surface area (Å²) in [6.45, 7) is -0.292. The molecule has 0 unspecified atom stereocenters. The average Bonchev–Trinajstić information content (AvgIpc) is 3.18. The number of rotatable bonds is 7. The molecule has 0 saturated heterocycles. The molecule has 3 aromatic rings. The van der Waals surface area contributed by atoms with Crippen LogP contribution in [0.15, 0.2) is 97.1 Å². The molecule has 2 atom stereocenters. The Kier molecular flexibility index (Phi) is 6.41. The van der Waals surface area contributed by atoms with Crippen LogP contribution in [0.4, 0.5) is 0 Å². The summed E-state index contributed by atoms with van der Waals surface area (Å²) in [6, 6.07) is 27.1. The van der Waals surface area contributed by atoms with E-state index in [2.05, 4.69) is 0 Å². The average molecular weight is 427 g/mol. The van der Waals surface area contributed by atoms with Gasteiger partial charge in [0.25, 0.3) is 5.71 Å². The Labute approximate surface area is 185 Å². The van der Waals surface area contributed by atoms with Gasteiger partial charge in [-0.15, -0.1) is 0 Å². The number of nitrogens with zero attached hydrogens (tertiary/aromatic N) is 1. The minimum absolute atomic E-state index is 0.159. The number of ketones is 1. The molecular weight excluding hydrogens is 406 g/mol. The smallest absolute Gasteiger partial charge is 0.331 e. The molecule has 0 spiro atoms. The highest BCUT2D eigenvalue weighted by atomic mass is 16.9. The molecule has 0 fully saturated rings. The van der Waals surface area contributed by atoms with Gasteiger partial charge >= 0.3 is 5.97 Å². The molecule has 6 heteroatoms. The van der Waals surface area contributed by atoms with Gasteiger partial charge in [0.1, 0.15) is 6.10 Å². The van der Waals surface area contributed by atoms with Crippen molar-refractivity contribution < 1.29 is 24.1 Å². The van der Waals surface area contributed by atoms with Crippen LogP contribution in [0.2, 0.25) is 0 Å². The minimum atomic E-state index is -1.05. The Morgan fingerprint density at radius 1 is 0.906 bits per heavy atom. The molecule has 0 aliphatic carbocycles. The van der Waals surface area contributed by atoms with E-state index in [0.717, 1.165) is 11.1 Å². The largest absolute Gasteiger partial charge is 0.451 e. The molecule has 160 valence electrons. The van der Waals surface area contributed by atoms with Crippen LogP contribution in [0.1, 0.15) is 27.4 Å².